The Hall–Kier alpha value is -1.02. The molecule has 0 aliphatic rings. The van der Waals surface area contributed by atoms with Gasteiger partial charge in [0, 0.05) is 6.42 Å². The van der Waals surface area contributed by atoms with Crippen LogP contribution in [0.4, 0.5) is 0 Å². The van der Waals surface area contributed by atoms with Gasteiger partial charge in [0.25, 0.3) is 0 Å². The minimum Gasteiger partial charge on any atom is -0.387 e. The van der Waals surface area contributed by atoms with Gasteiger partial charge >= 0.3 is 7.82 Å². The van der Waals surface area contributed by atoms with Crippen LogP contribution in [0.25, 0.3) is 0 Å². The topological polar surface area (TPSA) is 105 Å². The Labute approximate surface area is 303 Å². The van der Waals surface area contributed by atoms with Crippen LogP contribution in [0.1, 0.15) is 174 Å². The van der Waals surface area contributed by atoms with Crippen LogP contribution in [0.15, 0.2) is 24.3 Å². The summed E-state index contributed by atoms with van der Waals surface area (Å²) in [5, 5.41) is 13.7. The van der Waals surface area contributed by atoms with Gasteiger partial charge in [0.05, 0.1) is 39.9 Å². The van der Waals surface area contributed by atoms with Crippen LogP contribution >= 0.6 is 7.82 Å². The van der Waals surface area contributed by atoms with Crippen molar-refractivity contribution in [2.45, 2.75) is 187 Å². The number of hydrogen-bond donors (Lipinski definition) is 3. The van der Waals surface area contributed by atoms with E-state index >= 15 is 0 Å². The monoisotopic (exact) mass is 716 g/mol. The molecule has 49 heavy (non-hydrogen) atoms. The Balaban J connectivity index is 4.55. The molecule has 0 aliphatic heterocycles. The highest BCUT2D eigenvalue weighted by atomic mass is 31.2. The first-order valence-electron chi connectivity index (χ1n) is 20.2. The maximum absolute atomic E-state index is 12.8. The van der Waals surface area contributed by atoms with Gasteiger partial charge in [0.2, 0.25) is 5.91 Å². The van der Waals surface area contributed by atoms with E-state index in [0.29, 0.717) is 17.4 Å². The number of amides is 1. The number of aliphatic hydroxyl groups excluding tert-OH is 1. The lowest BCUT2D eigenvalue weighted by Gasteiger charge is -2.25. The van der Waals surface area contributed by atoms with Gasteiger partial charge in [-0.15, -0.1) is 0 Å². The summed E-state index contributed by atoms with van der Waals surface area (Å²) in [4.78, 5) is 23.0. The second kappa shape index (κ2) is 32.9. The Morgan fingerprint density at radius 2 is 1.12 bits per heavy atom. The molecule has 290 valence electrons. The number of likely N-dealkylation sites (N-methyl/N-ethyl adjacent to an activating group) is 1. The van der Waals surface area contributed by atoms with Crippen LogP contribution in [0.2, 0.25) is 0 Å². The maximum atomic E-state index is 12.8. The SMILES string of the molecule is CCCCCCCCCC/C=C/CC/C=C/C(O)C(COP(=O)(O)OCC[N+](C)(C)C)NC(=O)CCCCCCCCCCCCCCC. The molecular weight excluding hydrogens is 635 g/mol. The van der Waals surface area contributed by atoms with Gasteiger partial charge < -0.3 is 19.8 Å². The predicted molar refractivity (Wildman–Crippen MR) is 208 cm³/mol. The fraction of sp³-hybridized carbons (Fsp3) is 0.875. The van der Waals surface area contributed by atoms with Crippen molar-refractivity contribution in [1.29, 1.82) is 0 Å². The molecule has 0 aromatic rings. The van der Waals surface area contributed by atoms with Crippen molar-refractivity contribution in [2.24, 2.45) is 0 Å². The number of carbonyl (C=O) groups excluding carboxylic acids is 1. The van der Waals surface area contributed by atoms with E-state index < -0.39 is 20.0 Å². The molecule has 0 aromatic carbocycles. The number of phosphoric acid groups is 1. The molecule has 3 N–H and O–H groups in total. The van der Waals surface area contributed by atoms with Crippen LogP contribution in [0.5, 0.6) is 0 Å². The summed E-state index contributed by atoms with van der Waals surface area (Å²) in [6.07, 6.45) is 36.7. The van der Waals surface area contributed by atoms with E-state index in [1.54, 1.807) is 6.08 Å². The van der Waals surface area contributed by atoms with E-state index in [2.05, 4.69) is 31.3 Å². The lowest BCUT2D eigenvalue weighted by molar-refractivity contribution is -0.870. The number of quaternary nitrogens is 1. The molecule has 1 amide bonds. The summed E-state index contributed by atoms with van der Waals surface area (Å²) >= 11 is 0. The summed E-state index contributed by atoms with van der Waals surface area (Å²) in [5.74, 6) is -0.188. The highest BCUT2D eigenvalue weighted by Gasteiger charge is 2.27. The van der Waals surface area contributed by atoms with Gasteiger partial charge in [-0.25, -0.2) is 4.57 Å². The van der Waals surface area contributed by atoms with E-state index in [9.17, 15) is 19.4 Å². The van der Waals surface area contributed by atoms with Crippen molar-refractivity contribution in [3.63, 3.8) is 0 Å². The van der Waals surface area contributed by atoms with Gasteiger partial charge in [0.1, 0.15) is 13.2 Å². The molecule has 0 heterocycles. The zero-order valence-electron chi connectivity index (χ0n) is 32.7. The van der Waals surface area contributed by atoms with Crippen LogP contribution in [0, 0.1) is 0 Å². The average molecular weight is 716 g/mol. The minimum atomic E-state index is -4.33. The fourth-order valence-corrected chi connectivity index (χ4v) is 6.38. The summed E-state index contributed by atoms with van der Waals surface area (Å²) in [5.41, 5.74) is 0. The largest absolute Gasteiger partial charge is 0.472 e. The predicted octanol–water partition coefficient (Wildman–Crippen LogP) is 10.6. The van der Waals surface area contributed by atoms with Gasteiger partial charge in [-0.3, -0.25) is 13.8 Å². The third-order valence-electron chi connectivity index (χ3n) is 8.92. The molecule has 0 bridgehead atoms. The molecule has 0 aromatic heterocycles. The van der Waals surface area contributed by atoms with E-state index in [4.69, 9.17) is 9.05 Å². The molecule has 8 nitrogen and oxygen atoms in total. The molecule has 0 spiro atoms. The molecule has 3 atom stereocenters. The molecule has 0 rings (SSSR count). The van der Waals surface area contributed by atoms with Crippen LogP contribution < -0.4 is 5.32 Å². The number of nitrogens with zero attached hydrogens (tertiary/aromatic N) is 1. The molecule has 3 unspecified atom stereocenters. The Morgan fingerprint density at radius 3 is 1.63 bits per heavy atom. The lowest BCUT2D eigenvalue weighted by Crippen LogP contribution is -2.45. The number of carbonyl (C=O) groups is 1. The second-order valence-corrected chi connectivity index (χ2v) is 16.5. The summed E-state index contributed by atoms with van der Waals surface area (Å²) < 4.78 is 23.5. The third kappa shape index (κ3) is 35.2. The number of phosphoric ester groups is 1. The van der Waals surface area contributed by atoms with Crippen LogP contribution in [-0.2, 0) is 18.4 Å². The fourth-order valence-electron chi connectivity index (χ4n) is 5.64. The highest BCUT2D eigenvalue weighted by molar-refractivity contribution is 7.47. The highest BCUT2D eigenvalue weighted by Crippen LogP contribution is 2.43. The zero-order valence-corrected chi connectivity index (χ0v) is 33.6. The molecule has 0 radical (unpaired) electrons. The van der Waals surface area contributed by atoms with Crippen LogP contribution in [0.3, 0.4) is 0 Å². The van der Waals surface area contributed by atoms with Gasteiger partial charge in [-0.2, -0.15) is 0 Å². The minimum absolute atomic E-state index is 0.0579. The number of unbranched alkanes of at least 4 members (excludes halogenated alkanes) is 21. The number of hydrogen-bond acceptors (Lipinski definition) is 5. The molecule has 0 saturated carbocycles. The first kappa shape index (κ1) is 48.0. The second-order valence-electron chi connectivity index (χ2n) is 15.0. The third-order valence-corrected chi connectivity index (χ3v) is 9.91. The van der Waals surface area contributed by atoms with E-state index in [0.717, 1.165) is 38.5 Å². The molecule has 0 aliphatic carbocycles. The Bertz CT molecular complexity index is 860. The smallest absolute Gasteiger partial charge is 0.387 e. The van der Waals surface area contributed by atoms with Crippen molar-refractivity contribution in [1.82, 2.24) is 5.32 Å². The zero-order chi connectivity index (χ0) is 36.5. The van der Waals surface area contributed by atoms with E-state index in [1.807, 2.05) is 27.2 Å². The van der Waals surface area contributed by atoms with Crippen LogP contribution in [-0.4, -0.2) is 73.4 Å². The first-order valence-corrected chi connectivity index (χ1v) is 21.7. The van der Waals surface area contributed by atoms with Gasteiger partial charge in [0.15, 0.2) is 0 Å². The normalized spacial score (nSPS) is 14.8. The average Bonchev–Trinajstić information content (AvgIpc) is 3.04. The Kier molecular flexibility index (Phi) is 32.2. The van der Waals surface area contributed by atoms with Gasteiger partial charge in [-0.1, -0.05) is 160 Å². The van der Waals surface area contributed by atoms with Crippen molar-refractivity contribution in [2.75, 3.05) is 40.9 Å². The maximum Gasteiger partial charge on any atom is 0.472 e. The lowest BCUT2D eigenvalue weighted by atomic mass is 10.0. The molecule has 0 saturated heterocycles. The Morgan fingerprint density at radius 1 is 0.673 bits per heavy atom. The summed E-state index contributed by atoms with van der Waals surface area (Å²) in [7, 11) is 1.56. The number of allylic oxidation sites excluding steroid dienone is 3. The first-order chi connectivity index (χ1) is 23.5. The van der Waals surface area contributed by atoms with Crippen molar-refractivity contribution >= 4 is 13.7 Å². The van der Waals surface area contributed by atoms with Crippen molar-refractivity contribution < 1.29 is 32.9 Å². The molecule has 9 heteroatoms. The summed E-state index contributed by atoms with van der Waals surface area (Å²) in [6.45, 7) is 4.77. The number of aliphatic hydroxyl groups is 1. The quantitative estimate of drug-likeness (QED) is 0.0258. The molecule has 0 fully saturated rings. The number of nitrogens with one attached hydrogen (secondary N) is 1. The van der Waals surface area contributed by atoms with Crippen molar-refractivity contribution in [3.05, 3.63) is 24.3 Å². The van der Waals surface area contributed by atoms with E-state index in [1.165, 1.54) is 116 Å². The standard InChI is InChI=1S/C40H79N2O6P/c1-6-8-10-12-14-16-18-20-22-23-25-27-29-31-33-39(43)38(37-48-49(45,46)47-36-35-42(3,4)5)41-40(44)34-32-30-28-26-24-21-19-17-15-13-11-9-7-2/h23,25,31,33,38-39,43H,6-22,24,26-30,32,34-37H2,1-5H3,(H-,41,44,45,46)/p+1/b25-23+,33-31+. The van der Waals surface area contributed by atoms with Crippen molar-refractivity contribution in [3.8, 4) is 0 Å². The van der Waals surface area contributed by atoms with E-state index in [-0.39, 0.29) is 19.1 Å². The summed E-state index contributed by atoms with van der Waals surface area (Å²) in [6, 6.07) is -0.856. The molecular formula is C40H80N2O6P+. The number of rotatable bonds is 36. The van der Waals surface area contributed by atoms with Gasteiger partial charge in [-0.05, 0) is 32.1 Å².